The number of ether oxygens (including phenoxy) is 1. The molecule has 4 rings (SSSR count). The number of thiophene rings is 1. The van der Waals surface area contributed by atoms with Crippen LogP contribution in [0.1, 0.15) is 22.4 Å². The van der Waals surface area contributed by atoms with Gasteiger partial charge in [0.05, 0.1) is 6.54 Å². The smallest absolute Gasteiger partial charge is 0.315 e. The van der Waals surface area contributed by atoms with Crippen LogP contribution in [-0.2, 0) is 13.0 Å². The predicted molar refractivity (Wildman–Crippen MR) is 79.5 cm³/mol. The summed E-state index contributed by atoms with van der Waals surface area (Å²) in [6, 6.07) is 12.5. The van der Waals surface area contributed by atoms with E-state index in [4.69, 9.17) is 9.15 Å². The monoisotopic (exact) mass is 299 g/mol. The Morgan fingerprint density at radius 1 is 1.19 bits per heavy atom. The van der Waals surface area contributed by atoms with Gasteiger partial charge in [-0.05, 0) is 23.1 Å². The number of hydrogen-bond donors (Lipinski definition) is 1. The van der Waals surface area contributed by atoms with Gasteiger partial charge in [-0.3, -0.25) is 0 Å². The third-order valence-electron chi connectivity index (χ3n) is 3.36. The number of aromatic nitrogens is 2. The molecule has 0 unspecified atom stereocenters. The molecule has 5 nitrogen and oxygen atoms in total. The fourth-order valence-electron chi connectivity index (χ4n) is 2.33. The van der Waals surface area contributed by atoms with Crippen molar-refractivity contribution in [1.82, 2.24) is 10.2 Å². The van der Waals surface area contributed by atoms with Crippen molar-refractivity contribution in [3.63, 3.8) is 0 Å². The molecule has 21 heavy (non-hydrogen) atoms. The predicted octanol–water partition coefficient (Wildman–Crippen LogP) is 3.42. The topological polar surface area (TPSA) is 60.2 Å². The van der Waals surface area contributed by atoms with E-state index in [1.165, 1.54) is 10.4 Å². The van der Waals surface area contributed by atoms with Gasteiger partial charge in [0.15, 0.2) is 6.10 Å². The lowest BCUT2D eigenvalue weighted by Crippen LogP contribution is -2.03. The molecule has 3 heterocycles. The van der Waals surface area contributed by atoms with Gasteiger partial charge in [-0.25, -0.2) is 0 Å². The maximum Gasteiger partial charge on any atom is 0.315 e. The van der Waals surface area contributed by atoms with Crippen LogP contribution in [0.15, 0.2) is 46.2 Å². The third-order valence-corrected chi connectivity index (χ3v) is 4.23. The first-order chi connectivity index (χ1) is 10.4. The number of para-hydroxylation sites is 1. The first-order valence-corrected chi connectivity index (χ1v) is 7.61. The highest BCUT2D eigenvalue weighted by Gasteiger charge is 2.28. The Morgan fingerprint density at radius 2 is 2.14 bits per heavy atom. The second-order valence-electron chi connectivity index (χ2n) is 4.80. The molecule has 0 amide bonds. The van der Waals surface area contributed by atoms with Crippen LogP contribution >= 0.6 is 11.3 Å². The Bertz CT molecular complexity index is 714. The fourth-order valence-corrected chi connectivity index (χ4v) is 2.98. The summed E-state index contributed by atoms with van der Waals surface area (Å²) in [5.41, 5.74) is 1.17. The molecule has 6 heteroatoms. The second-order valence-corrected chi connectivity index (χ2v) is 5.83. The van der Waals surface area contributed by atoms with Gasteiger partial charge < -0.3 is 14.5 Å². The van der Waals surface area contributed by atoms with E-state index in [1.54, 1.807) is 11.3 Å². The highest BCUT2D eigenvalue weighted by Crippen LogP contribution is 2.36. The van der Waals surface area contributed by atoms with E-state index in [1.807, 2.05) is 29.6 Å². The Balaban J connectivity index is 1.44. The molecule has 1 N–H and O–H groups in total. The summed E-state index contributed by atoms with van der Waals surface area (Å²) in [5.74, 6) is 1.41. The van der Waals surface area contributed by atoms with E-state index in [-0.39, 0.29) is 6.10 Å². The van der Waals surface area contributed by atoms with Crippen LogP contribution in [0.4, 0.5) is 6.01 Å². The van der Waals surface area contributed by atoms with Gasteiger partial charge in [0.25, 0.3) is 5.89 Å². The van der Waals surface area contributed by atoms with Gasteiger partial charge in [-0.2, -0.15) is 0 Å². The molecule has 106 valence electrons. The fraction of sp³-hybridized carbons (Fsp3) is 0.200. The molecule has 0 spiro atoms. The van der Waals surface area contributed by atoms with Crippen molar-refractivity contribution in [3.8, 4) is 5.75 Å². The zero-order chi connectivity index (χ0) is 14.1. The van der Waals surface area contributed by atoms with Crippen molar-refractivity contribution in [2.45, 2.75) is 19.1 Å². The number of fused-ring (bicyclic) bond motifs is 1. The largest absolute Gasteiger partial charge is 0.480 e. The van der Waals surface area contributed by atoms with Crippen LogP contribution in [0.3, 0.4) is 0 Å². The Morgan fingerprint density at radius 3 is 3.00 bits per heavy atom. The van der Waals surface area contributed by atoms with Crippen molar-refractivity contribution in [2.75, 3.05) is 5.32 Å². The number of nitrogens with one attached hydrogen (secondary N) is 1. The summed E-state index contributed by atoms with van der Waals surface area (Å²) in [7, 11) is 0. The minimum atomic E-state index is -0.188. The molecule has 2 aromatic heterocycles. The van der Waals surface area contributed by atoms with E-state index in [0.29, 0.717) is 18.5 Å². The molecule has 0 saturated carbocycles. The van der Waals surface area contributed by atoms with Crippen LogP contribution in [-0.4, -0.2) is 10.2 Å². The molecule has 1 atom stereocenters. The number of anilines is 1. The summed E-state index contributed by atoms with van der Waals surface area (Å²) < 4.78 is 11.5. The molecule has 0 radical (unpaired) electrons. The SMILES string of the molecule is c1csc(CNc2nnc([C@H]3Cc4ccccc4O3)o2)c1. The standard InChI is InChI=1S/C15H13N3O2S/c1-2-6-12-10(4-1)8-13(19-12)14-17-18-15(20-14)16-9-11-5-3-7-21-11/h1-7,13H,8-9H2,(H,16,18)/t13-/m1/s1. The van der Waals surface area contributed by atoms with Gasteiger partial charge in [-0.15, -0.1) is 16.4 Å². The second kappa shape index (κ2) is 5.21. The summed E-state index contributed by atoms with van der Waals surface area (Å²) in [6.07, 6.45) is 0.579. The lowest BCUT2D eigenvalue weighted by molar-refractivity contribution is 0.199. The molecule has 0 fully saturated rings. The molecular formula is C15H13N3O2S. The average Bonchev–Trinajstić information content (AvgIpc) is 3.24. The lowest BCUT2D eigenvalue weighted by atomic mass is 10.1. The van der Waals surface area contributed by atoms with E-state index in [0.717, 1.165) is 12.2 Å². The summed E-state index contributed by atoms with van der Waals surface area (Å²) in [5, 5.41) is 13.3. The van der Waals surface area contributed by atoms with E-state index < -0.39 is 0 Å². The van der Waals surface area contributed by atoms with Crippen molar-refractivity contribution in [1.29, 1.82) is 0 Å². The number of hydrogen-bond acceptors (Lipinski definition) is 6. The molecule has 1 aliphatic rings. The molecular weight excluding hydrogens is 286 g/mol. The van der Waals surface area contributed by atoms with E-state index >= 15 is 0 Å². The maximum absolute atomic E-state index is 5.83. The van der Waals surface area contributed by atoms with Crippen LogP contribution in [0.2, 0.25) is 0 Å². The molecule has 0 aliphatic carbocycles. The zero-order valence-corrected chi connectivity index (χ0v) is 12.0. The van der Waals surface area contributed by atoms with Crippen LogP contribution < -0.4 is 10.1 Å². The maximum atomic E-state index is 5.83. The molecule has 0 bridgehead atoms. The highest BCUT2D eigenvalue weighted by molar-refractivity contribution is 7.09. The minimum absolute atomic E-state index is 0.188. The van der Waals surface area contributed by atoms with Crippen molar-refractivity contribution < 1.29 is 9.15 Å². The Kier molecular flexibility index (Phi) is 3.08. The minimum Gasteiger partial charge on any atom is -0.480 e. The third kappa shape index (κ3) is 2.50. The van der Waals surface area contributed by atoms with Gasteiger partial charge in [0.2, 0.25) is 0 Å². The van der Waals surface area contributed by atoms with Crippen molar-refractivity contribution in [3.05, 3.63) is 58.1 Å². The van der Waals surface area contributed by atoms with Crippen LogP contribution in [0.5, 0.6) is 5.75 Å². The average molecular weight is 299 g/mol. The van der Waals surface area contributed by atoms with Gasteiger partial charge in [-0.1, -0.05) is 29.4 Å². The highest BCUT2D eigenvalue weighted by atomic mass is 32.1. The normalized spacial score (nSPS) is 16.5. The first-order valence-electron chi connectivity index (χ1n) is 6.73. The summed E-state index contributed by atoms with van der Waals surface area (Å²) in [6.45, 7) is 0.686. The Labute approximate surface area is 125 Å². The van der Waals surface area contributed by atoms with Crippen LogP contribution in [0.25, 0.3) is 0 Å². The van der Waals surface area contributed by atoms with E-state index in [2.05, 4.69) is 27.6 Å². The summed E-state index contributed by atoms with van der Waals surface area (Å²) in [4.78, 5) is 1.22. The molecule has 1 aromatic carbocycles. The molecule has 0 saturated heterocycles. The van der Waals surface area contributed by atoms with Gasteiger partial charge in [0.1, 0.15) is 5.75 Å². The quantitative estimate of drug-likeness (QED) is 0.800. The van der Waals surface area contributed by atoms with Gasteiger partial charge >= 0.3 is 6.01 Å². The molecule has 1 aliphatic heterocycles. The van der Waals surface area contributed by atoms with Crippen LogP contribution in [0, 0.1) is 0 Å². The lowest BCUT2D eigenvalue weighted by Gasteiger charge is -2.04. The summed E-state index contributed by atoms with van der Waals surface area (Å²) >= 11 is 1.69. The number of benzene rings is 1. The first kappa shape index (κ1) is 12.4. The zero-order valence-electron chi connectivity index (χ0n) is 11.2. The van der Waals surface area contributed by atoms with Gasteiger partial charge in [0, 0.05) is 11.3 Å². The molecule has 3 aromatic rings. The number of nitrogens with zero attached hydrogens (tertiary/aromatic N) is 2. The Hall–Kier alpha value is -2.34. The van der Waals surface area contributed by atoms with E-state index in [9.17, 15) is 0 Å². The van der Waals surface area contributed by atoms with Crippen molar-refractivity contribution in [2.24, 2.45) is 0 Å². The number of rotatable bonds is 4. The van der Waals surface area contributed by atoms with Crippen molar-refractivity contribution >= 4 is 17.4 Å².